The molecule has 3 N–H and O–H groups in total. The molecule has 1 fully saturated rings. The van der Waals surface area contributed by atoms with Crippen LogP contribution in [0.2, 0.25) is 0 Å². The van der Waals surface area contributed by atoms with Gasteiger partial charge in [0.1, 0.15) is 0 Å². The number of nitrogens with one attached hydrogen (secondary N) is 1. The Hall–Kier alpha value is -1.71. The summed E-state index contributed by atoms with van der Waals surface area (Å²) in [5.74, 6) is -0.0955. The van der Waals surface area contributed by atoms with E-state index in [1.807, 2.05) is 12.1 Å². The van der Waals surface area contributed by atoms with E-state index in [1.54, 1.807) is 13.1 Å². The molecule has 4 nitrogen and oxygen atoms in total. The third-order valence-corrected chi connectivity index (χ3v) is 3.21. The van der Waals surface area contributed by atoms with E-state index in [0.717, 1.165) is 18.8 Å². The van der Waals surface area contributed by atoms with Gasteiger partial charge in [0.25, 0.3) is 5.91 Å². The minimum absolute atomic E-state index is 0.0955. The van der Waals surface area contributed by atoms with Crippen LogP contribution in [0.25, 0.3) is 0 Å². The molecule has 1 aromatic rings. The third-order valence-electron chi connectivity index (χ3n) is 3.21. The highest BCUT2D eigenvalue weighted by Crippen LogP contribution is 2.27. The van der Waals surface area contributed by atoms with Gasteiger partial charge in [-0.2, -0.15) is 0 Å². The van der Waals surface area contributed by atoms with Crippen molar-refractivity contribution in [1.82, 2.24) is 5.32 Å². The summed E-state index contributed by atoms with van der Waals surface area (Å²) in [5, 5.41) is 2.60. The first-order valence-corrected chi connectivity index (χ1v) is 6.09. The first-order valence-electron chi connectivity index (χ1n) is 6.09. The zero-order valence-corrected chi connectivity index (χ0v) is 10.2. The average Bonchev–Trinajstić information content (AvgIpc) is 2.38. The lowest BCUT2D eigenvalue weighted by Crippen LogP contribution is -2.30. The number of amides is 1. The first kappa shape index (κ1) is 11.8. The fourth-order valence-electron chi connectivity index (χ4n) is 2.26. The fraction of sp³-hybridized carbons (Fsp3) is 0.462. The molecule has 2 rings (SSSR count). The van der Waals surface area contributed by atoms with Crippen LogP contribution < -0.4 is 16.0 Å². The molecule has 0 bridgehead atoms. The highest BCUT2D eigenvalue weighted by atomic mass is 16.1. The molecule has 0 atom stereocenters. The Morgan fingerprint density at radius 3 is 2.59 bits per heavy atom. The Bertz CT molecular complexity index is 411. The number of carbonyl (C=O) groups excluding carboxylic acids is 1. The summed E-state index contributed by atoms with van der Waals surface area (Å²) in [6, 6.07) is 5.53. The van der Waals surface area contributed by atoms with Crippen LogP contribution in [0.5, 0.6) is 0 Å². The normalized spacial score (nSPS) is 15.7. The lowest BCUT2D eigenvalue weighted by Gasteiger charge is -2.29. The van der Waals surface area contributed by atoms with Crippen LogP contribution in [0.4, 0.5) is 11.4 Å². The summed E-state index contributed by atoms with van der Waals surface area (Å²) in [7, 11) is 1.62. The summed E-state index contributed by atoms with van der Waals surface area (Å²) in [6.07, 6.45) is 3.74. The number of anilines is 2. The number of piperidine rings is 1. The molecule has 4 heteroatoms. The summed E-state index contributed by atoms with van der Waals surface area (Å²) in [6.45, 7) is 2.12. The molecule has 0 aliphatic carbocycles. The van der Waals surface area contributed by atoms with Crippen molar-refractivity contribution in [2.24, 2.45) is 0 Å². The summed E-state index contributed by atoms with van der Waals surface area (Å²) >= 11 is 0. The van der Waals surface area contributed by atoms with Crippen molar-refractivity contribution in [2.75, 3.05) is 30.8 Å². The Morgan fingerprint density at radius 2 is 2.00 bits per heavy atom. The second kappa shape index (κ2) is 5.08. The van der Waals surface area contributed by atoms with Crippen molar-refractivity contribution in [2.45, 2.75) is 19.3 Å². The number of nitrogens with zero attached hydrogens (tertiary/aromatic N) is 1. The second-order valence-corrected chi connectivity index (χ2v) is 4.40. The quantitative estimate of drug-likeness (QED) is 0.763. The molecule has 1 heterocycles. The molecule has 0 saturated carbocycles. The van der Waals surface area contributed by atoms with E-state index >= 15 is 0 Å². The van der Waals surface area contributed by atoms with Gasteiger partial charge >= 0.3 is 0 Å². The van der Waals surface area contributed by atoms with E-state index in [0.29, 0.717) is 11.3 Å². The van der Waals surface area contributed by atoms with E-state index in [2.05, 4.69) is 10.2 Å². The van der Waals surface area contributed by atoms with Gasteiger partial charge in [0.05, 0.1) is 11.4 Å². The van der Waals surface area contributed by atoms with Gasteiger partial charge in [-0.15, -0.1) is 0 Å². The smallest absolute Gasteiger partial charge is 0.251 e. The molecule has 92 valence electrons. The molecule has 0 aromatic heterocycles. The van der Waals surface area contributed by atoms with Crippen molar-refractivity contribution < 1.29 is 4.79 Å². The Balaban J connectivity index is 2.21. The Kier molecular flexibility index (Phi) is 3.52. The first-order chi connectivity index (χ1) is 8.22. The van der Waals surface area contributed by atoms with Gasteiger partial charge in [-0.05, 0) is 37.5 Å². The van der Waals surface area contributed by atoms with Crippen molar-refractivity contribution >= 4 is 17.3 Å². The standard InChI is InChI=1S/C13H19N3O/c1-15-13(17)10-5-6-12(11(14)9-10)16-7-3-2-4-8-16/h5-6,9H,2-4,7-8,14H2,1H3,(H,15,17). The molecule has 0 spiro atoms. The molecule has 1 amide bonds. The Morgan fingerprint density at radius 1 is 1.29 bits per heavy atom. The topological polar surface area (TPSA) is 58.4 Å². The lowest BCUT2D eigenvalue weighted by molar-refractivity contribution is 0.0963. The number of rotatable bonds is 2. The van der Waals surface area contributed by atoms with Gasteiger partial charge in [0.2, 0.25) is 0 Å². The maximum Gasteiger partial charge on any atom is 0.251 e. The molecular weight excluding hydrogens is 214 g/mol. The molecule has 1 saturated heterocycles. The minimum atomic E-state index is -0.0955. The summed E-state index contributed by atoms with van der Waals surface area (Å²) in [4.78, 5) is 13.8. The number of nitrogen functional groups attached to an aromatic ring is 1. The predicted octanol–water partition coefficient (Wildman–Crippen LogP) is 1.62. The molecule has 17 heavy (non-hydrogen) atoms. The molecule has 0 unspecified atom stereocenters. The number of carbonyl (C=O) groups is 1. The summed E-state index contributed by atoms with van der Waals surface area (Å²) < 4.78 is 0. The Labute approximate surface area is 102 Å². The fourth-order valence-corrected chi connectivity index (χ4v) is 2.26. The lowest BCUT2D eigenvalue weighted by atomic mass is 10.1. The van der Waals surface area contributed by atoms with E-state index in [1.165, 1.54) is 19.3 Å². The van der Waals surface area contributed by atoms with Crippen molar-refractivity contribution in [3.05, 3.63) is 23.8 Å². The maximum atomic E-state index is 11.5. The van der Waals surface area contributed by atoms with Gasteiger partial charge in [0.15, 0.2) is 0 Å². The van der Waals surface area contributed by atoms with Crippen LogP contribution in [-0.4, -0.2) is 26.0 Å². The van der Waals surface area contributed by atoms with Gasteiger partial charge in [-0.1, -0.05) is 0 Å². The second-order valence-electron chi connectivity index (χ2n) is 4.40. The molecule has 1 aliphatic rings. The van der Waals surface area contributed by atoms with Crippen LogP contribution >= 0.6 is 0 Å². The van der Waals surface area contributed by atoms with Crippen LogP contribution in [0.3, 0.4) is 0 Å². The molecule has 1 aromatic carbocycles. The van der Waals surface area contributed by atoms with Crippen molar-refractivity contribution in [3.63, 3.8) is 0 Å². The minimum Gasteiger partial charge on any atom is -0.397 e. The summed E-state index contributed by atoms with van der Waals surface area (Å²) in [5.41, 5.74) is 8.38. The van der Waals surface area contributed by atoms with E-state index in [9.17, 15) is 4.79 Å². The zero-order chi connectivity index (χ0) is 12.3. The SMILES string of the molecule is CNC(=O)c1ccc(N2CCCCC2)c(N)c1. The van der Waals surface area contributed by atoms with Crippen LogP contribution in [0.1, 0.15) is 29.6 Å². The molecular formula is C13H19N3O. The number of hydrogen-bond donors (Lipinski definition) is 2. The number of nitrogens with two attached hydrogens (primary N) is 1. The van der Waals surface area contributed by atoms with Crippen LogP contribution in [0.15, 0.2) is 18.2 Å². The van der Waals surface area contributed by atoms with Crippen LogP contribution in [-0.2, 0) is 0 Å². The van der Waals surface area contributed by atoms with Gasteiger partial charge in [-0.25, -0.2) is 0 Å². The number of benzene rings is 1. The van der Waals surface area contributed by atoms with Crippen molar-refractivity contribution in [3.8, 4) is 0 Å². The number of hydrogen-bond acceptors (Lipinski definition) is 3. The van der Waals surface area contributed by atoms with Crippen LogP contribution in [0, 0.1) is 0 Å². The van der Waals surface area contributed by atoms with E-state index in [-0.39, 0.29) is 5.91 Å². The molecule has 0 radical (unpaired) electrons. The highest BCUT2D eigenvalue weighted by Gasteiger charge is 2.14. The third kappa shape index (κ3) is 2.52. The van der Waals surface area contributed by atoms with Gasteiger partial charge in [-0.3, -0.25) is 4.79 Å². The van der Waals surface area contributed by atoms with E-state index < -0.39 is 0 Å². The monoisotopic (exact) mass is 233 g/mol. The largest absolute Gasteiger partial charge is 0.397 e. The zero-order valence-electron chi connectivity index (χ0n) is 10.2. The van der Waals surface area contributed by atoms with Crippen molar-refractivity contribution in [1.29, 1.82) is 0 Å². The average molecular weight is 233 g/mol. The maximum absolute atomic E-state index is 11.5. The highest BCUT2D eigenvalue weighted by molar-refractivity contribution is 5.96. The predicted molar refractivity (Wildman–Crippen MR) is 70.3 cm³/mol. The van der Waals surface area contributed by atoms with E-state index in [4.69, 9.17) is 5.73 Å². The van der Waals surface area contributed by atoms with Gasteiger partial charge < -0.3 is 16.0 Å². The molecule has 1 aliphatic heterocycles. The van der Waals surface area contributed by atoms with Gasteiger partial charge in [0, 0.05) is 25.7 Å².